The molecule has 1 aliphatic heterocycles. The number of hydrogen-bond donors (Lipinski definition) is 1. The maximum absolute atomic E-state index is 5.18. The first-order chi connectivity index (χ1) is 4.93. The summed E-state index contributed by atoms with van der Waals surface area (Å²) in [7, 11) is 0. The number of nitrogens with one attached hydrogen (secondary N) is 1. The molecule has 0 saturated carbocycles. The van der Waals surface area contributed by atoms with E-state index in [2.05, 4.69) is 12.2 Å². The minimum atomic E-state index is 0.645. The van der Waals surface area contributed by atoms with Crippen LogP contribution in [0.15, 0.2) is 0 Å². The van der Waals surface area contributed by atoms with Gasteiger partial charge in [0.1, 0.15) is 0 Å². The maximum Gasteiger partial charge on any atom is 0.0968 e. The molecule has 2 heteroatoms. The second-order valence-electron chi connectivity index (χ2n) is 2.91. The van der Waals surface area contributed by atoms with Gasteiger partial charge in [-0.15, -0.1) is 0 Å². The Morgan fingerprint density at radius 1 is 1.50 bits per heavy atom. The van der Waals surface area contributed by atoms with Gasteiger partial charge in [-0.25, -0.2) is 0 Å². The Bertz CT molecular complexity index is 79.3. The third-order valence-corrected chi connectivity index (χ3v) is 1.95. The molecule has 1 heterocycles. The fraction of sp³-hybridized carbons (Fsp3) is 1.00. The lowest BCUT2D eigenvalue weighted by Gasteiger charge is -2.05. The van der Waals surface area contributed by atoms with E-state index in [0.29, 0.717) is 6.04 Å². The zero-order valence-corrected chi connectivity index (χ0v) is 6.73. The van der Waals surface area contributed by atoms with Gasteiger partial charge in [-0.2, -0.15) is 0 Å². The molecular weight excluding hydrogens is 126 g/mol. The minimum absolute atomic E-state index is 0.645. The molecule has 0 spiro atoms. The number of rotatable bonds is 4. The van der Waals surface area contributed by atoms with Crippen LogP contribution in [0, 0.1) is 0 Å². The van der Waals surface area contributed by atoms with E-state index in [-0.39, 0.29) is 0 Å². The highest BCUT2D eigenvalue weighted by Crippen LogP contribution is 2.06. The summed E-state index contributed by atoms with van der Waals surface area (Å²) < 4.78 is 5.18. The summed E-state index contributed by atoms with van der Waals surface area (Å²) in [5.41, 5.74) is 0. The van der Waals surface area contributed by atoms with Gasteiger partial charge in [0.2, 0.25) is 0 Å². The SMILES string of the molecule is CCCCCC1COCN1. The van der Waals surface area contributed by atoms with Gasteiger partial charge < -0.3 is 4.74 Å². The van der Waals surface area contributed by atoms with Crippen molar-refractivity contribution in [1.82, 2.24) is 5.32 Å². The van der Waals surface area contributed by atoms with Crippen LogP contribution in [0.5, 0.6) is 0 Å². The molecule has 60 valence electrons. The van der Waals surface area contributed by atoms with Crippen molar-refractivity contribution < 1.29 is 4.74 Å². The third-order valence-electron chi connectivity index (χ3n) is 1.95. The van der Waals surface area contributed by atoms with Crippen molar-refractivity contribution in [3.63, 3.8) is 0 Å². The van der Waals surface area contributed by atoms with Gasteiger partial charge in [-0.05, 0) is 6.42 Å². The van der Waals surface area contributed by atoms with Gasteiger partial charge in [0.15, 0.2) is 0 Å². The molecule has 0 aromatic heterocycles. The van der Waals surface area contributed by atoms with Crippen LogP contribution in [-0.4, -0.2) is 19.4 Å². The third kappa shape index (κ3) is 2.67. The van der Waals surface area contributed by atoms with E-state index in [1.807, 2.05) is 0 Å². The molecule has 1 unspecified atom stereocenters. The highest BCUT2D eigenvalue weighted by molar-refractivity contribution is 4.68. The monoisotopic (exact) mass is 143 g/mol. The van der Waals surface area contributed by atoms with Gasteiger partial charge in [-0.3, -0.25) is 5.32 Å². The Morgan fingerprint density at radius 2 is 2.40 bits per heavy atom. The van der Waals surface area contributed by atoms with Crippen LogP contribution in [0.1, 0.15) is 32.6 Å². The molecule has 1 aliphatic rings. The molecule has 1 fully saturated rings. The van der Waals surface area contributed by atoms with Gasteiger partial charge in [-0.1, -0.05) is 26.2 Å². The Balaban J connectivity index is 1.91. The minimum Gasteiger partial charge on any atom is -0.365 e. The van der Waals surface area contributed by atoms with E-state index in [9.17, 15) is 0 Å². The molecule has 1 atom stereocenters. The van der Waals surface area contributed by atoms with Crippen molar-refractivity contribution in [3.8, 4) is 0 Å². The molecule has 1 saturated heterocycles. The van der Waals surface area contributed by atoms with Gasteiger partial charge >= 0.3 is 0 Å². The van der Waals surface area contributed by atoms with E-state index in [1.54, 1.807) is 0 Å². The lowest BCUT2D eigenvalue weighted by atomic mass is 10.1. The van der Waals surface area contributed by atoms with Crippen LogP contribution >= 0.6 is 0 Å². The quantitative estimate of drug-likeness (QED) is 0.602. The Hall–Kier alpha value is -0.0800. The number of ether oxygens (including phenoxy) is 1. The van der Waals surface area contributed by atoms with Crippen molar-refractivity contribution in [2.75, 3.05) is 13.3 Å². The summed E-state index contributed by atoms with van der Waals surface area (Å²) in [4.78, 5) is 0. The number of hydrogen-bond acceptors (Lipinski definition) is 2. The lowest BCUT2D eigenvalue weighted by molar-refractivity contribution is 0.188. The molecule has 0 bridgehead atoms. The molecule has 1 rings (SSSR count). The van der Waals surface area contributed by atoms with Crippen LogP contribution in [0.2, 0.25) is 0 Å². The summed E-state index contributed by atoms with van der Waals surface area (Å²) in [5.74, 6) is 0. The fourth-order valence-corrected chi connectivity index (χ4v) is 1.26. The summed E-state index contributed by atoms with van der Waals surface area (Å²) in [5, 5.41) is 3.29. The topological polar surface area (TPSA) is 21.3 Å². The molecule has 2 nitrogen and oxygen atoms in total. The van der Waals surface area contributed by atoms with Crippen LogP contribution < -0.4 is 5.32 Å². The number of unbranched alkanes of at least 4 members (excludes halogenated alkanes) is 2. The molecule has 0 radical (unpaired) electrons. The van der Waals surface area contributed by atoms with E-state index in [4.69, 9.17) is 4.74 Å². The summed E-state index contributed by atoms with van der Waals surface area (Å²) in [6.07, 6.45) is 5.30. The fourth-order valence-electron chi connectivity index (χ4n) is 1.26. The van der Waals surface area contributed by atoms with Gasteiger partial charge in [0.05, 0.1) is 13.3 Å². The molecule has 0 aromatic rings. The Labute approximate surface area is 63.0 Å². The van der Waals surface area contributed by atoms with Crippen molar-refractivity contribution >= 4 is 0 Å². The molecule has 10 heavy (non-hydrogen) atoms. The predicted molar refractivity (Wildman–Crippen MR) is 41.9 cm³/mol. The lowest BCUT2D eigenvalue weighted by Crippen LogP contribution is -2.23. The van der Waals surface area contributed by atoms with Crippen molar-refractivity contribution in [3.05, 3.63) is 0 Å². The Morgan fingerprint density at radius 3 is 3.00 bits per heavy atom. The summed E-state index contributed by atoms with van der Waals surface area (Å²) in [6, 6.07) is 0.645. The average Bonchev–Trinajstić information content (AvgIpc) is 2.41. The first-order valence-corrected chi connectivity index (χ1v) is 4.24. The normalized spacial score (nSPS) is 25.5. The van der Waals surface area contributed by atoms with Crippen LogP contribution in [0.3, 0.4) is 0 Å². The maximum atomic E-state index is 5.18. The van der Waals surface area contributed by atoms with Crippen molar-refractivity contribution in [2.45, 2.75) is 38.6 Å². The Kier molecular flexibility index (Phi) is 3.76. The first kappa shape index (κ1) is 8.02. The van der Waals surface area contributed by atoms with Crippen molar-refractivity contribution in [1.29, 1.82) is 0 Å². The average molecular weight is 143 g/mol. The van der Waals surface area contributed by atoms with Gasteiger partial charge in [0.25, 0.3) is 0 Å². The summed E-state index contributed by atoms with van der Waals surface area (Å²) >= 11 is 0. The zero-order chi connectivity index (χ0) is 7.23. The molecule has 0 aromatic carbocycles. The van der Waals surface area contributed by atoms with E-state index >= 15 is 0 Å². The highest BCUT2D eigenvalue weighted by atomic mass is 16.5. The van der Waals surface area contributed by atoms with E-state index in [0.717, 1.165) is 13.3 Å². The van der Waals surface area contributed by atoms with E-state index in [1.165, 1.54) is 25.7 Å². The molecule has 0 aliphatic carbocycles. The smallest absolute Gasteiger partial charge is 0.0968 e. The zero-order valence-electron chi connectivity index (χ0n) is 6.73. The predicted octanol–water partition coefficient (Wildman–Crippen LogP) is 1.51. The van der Waals surface area contributed by atoms with E-state index < -0.39 is 0 Å². The standard InChI is InChI=1S/C8H17NO/c1-2-3-4-5-8-6-10-7-9-8/h8-9H,2-7H2,1H3. The van der Waals surface area contributed by atoms with Crippen LogP contribution in [0.4, 0.5) is 0 Å². The summed E-state index contributed by atoms with van der Waals surface area (Å²) in [6.45, 7) is 3.92. The second-order valence-corrected chi connectivity index (χ2v) is 2.91. The second kappa shape index (κ2) is 4.69. The highest BCUT2D eigenvalue weighted by Gasteiger charge is 2.12. The largest absolute Gasteiger partial charge is 0.365 e. The van der Waals surface area contributed by atoms with Crippen molar-refractivity contribution in [2.24, 2.45) is 0 Å². The van der Waals surface area contributed by atoms with Crippen LogP contribution in [-0.2, 0) is 4.74 Å². The first-order valence-electron chi connectivity index (χ1n) is 4.24. The van der Waals surface area contributed by atoms with Crippen LogP contribution in [0.25, 0.3) is 0 Å². The van der Waals surface area contributed by atoms with Gasteiger partial charge in [0, 0.05) is 6.04 Å². The molecular formula is C8H17NO. The molecule has 1 N–H and O–H groups in total. The molecule has 0 amide bonds.